The van der Waals surface area contributed by atoms with Crippen molar-refractivity contribution in [2.24, 2.45) is 5.92 Å². The van der Waals surface area contributed by atoms with E-state index in [9.17, 15) is 9.59 Å². The predicted octanol–water partition coefficient (Wildman–Crippen LogP) is 2.06. The van der Waals surface area contributed by atoms with E-state index in [2.05, 4.69) is 24.1 Å². The van der Waals surface area contributed by atoms with Crippen LogP contribution < -0.4 is 5.32 Å². The molecule has 23 heavy (non-hydrogen) atoms. The van der Waals surface area contributed by atoms with Gasteiger partial charge in [0.25, 0.3) is 5.91 Å². The van der Waals surface area contributed by atoms with Crippen molar-refractivity contribution in [2.45, 2.75) is 32.7 Å². The number of nitrogens with zero attached hydrogens (tertiary/aromatic N) is 2. The number of nitrogens with one attached hydrogen (secondary N) is 1. The van der Waals surface area contributed by atoms with E-state index in [0.29, 0.717) is 17.5 Å². The van der Waals surface area contributed by atoms with Gasteiger partial charge in [0, 0.05) is 19.6 Å². The molecule has 128 valence electrons. The van der Waals surface area contributed by atoms with Gasteiger partial charge in [0.05, 0.1) is 11.4 Å². The number of likely N-dealkylation sites (tertiary alicyclic amines) is 1. The van der Waals surface area contributed by atoms with Crippen LogP contribution in [-0.2, 0) is 4.79 Å². The van der Waals surface area contributed by atoms with Gasteiger partial charge in [-0.3, -0.25) is 14.5 Å². The normalized spacial score (nSPS) is 17.7. The summed E-state index contributed by atoms with van der Waals surface area (Å²) in [6.07, 6.45) is 2.46. The monoisotopic (exact) mass is 337 g/mol. The summed E-state index contributed by atoms with van der Waals surface area (Å²) in [4.78, 5) is 28.7. The molecular formula is C17H27N3O2S. The van der Waals surface area contributed by atoms with Crippen LogP contribution in [0.1, 0.15) is 36.4 Å². The third-order valence-electron chi connectivity index (χ3n) is 4.50. The van der Waals surface area contributed by atoms with Crippen molar-refractivity contribution < 1.29 is 9.59 Å². The number of likely N-dealkylation sites (N-methyl/N-ethyl adjacent to an activating group) is 1. The number of rotatable bonds is 6. The van der Waals surface area contributed by atoms with E-state index in [0.717, 1.165) is 19.0 Å². The van der Waals surface area contributed by atoms with E-state index in [4.69, 9.17) is 0 Å². The highest BCUT2D eigenvalue weighted by Crippen LogP contribution is 2.17. The number of piperidine rings is 1. The summed E-state index contributed by atoms with van der Waals surface area (Å²) in [6, 6.07) is 3.96. The zero-order valence-corrected chi connectivity index (χ0v) is 15.1. The highest BCUT2D eigenvalue weighted by atomic mass is 32.1. The third kappa shape index (κ3) is 5.32. The largest absolute Gasteiger partial charge is 0.353 e. The van der Waals surface area contributed by atoms with E-state index in [1.54, 1.807) is 13.1 Å². The molecule has 0 saturated carbocycles. The van der Waals surface area contributed by atoms with Crippen molar-refractivity contribution in [2.75, 3.05) is 33.2 Å². The van der Waals surface area contributed by atoms with Crippen molar-refractivity contribution in [1.82, 2.24) is 15.1 Å². The molecule has 1 atom stereocenters. The van der Waals surface area contributed by atoms with Crippen molar-refractivity contribution in [3.05, 3.63) is 22.4 Å². The lowest BCUT2D eigenvalue weighted by molar-refractivity contribution is -0.121. The summed E-state index contributed by atoms with van der Waals surface area (Å²) in [6.45, 7) is 7.39. The maximum absolute atomic E-state index is 12.1. The van der Waals surface area contributed by atoms with Gasteiger partial charge in [-0.1, -0.05) is 13.0 Å². The SMILES string of the molecule is CC1CCN([C@H](C)CNC(=O)CN(C)C(=O)c2cccs2)CC1. The molecule has 0 bridgehead atoms. The summed E-state index contributed by atoms with van der Waals surface area (Å²) in [5.41, 5.74) is 0. The third-order valence-corrected chi connectivity index (χ3v) is 5.35. The molecule has 1 aliphatic rings. The van der Waals surface area contributed by atoms with Gasteiger partial charge in [0.2, 0.25) is 5.91 Å². The van der Waals surface area contributed by atoms with Crippen LogP contribution in [0.5, 0.6) is 0 Å². The Labute approximate surface area is 142 Å². The van der Waals surface area contributed by atoms with Crippen LogP contribution in [0.4, 0.5) is 0 Å². The fourth-order valence-electron chi connectivity index (χ4n) is 2.79. The van der Waals surface area contributed by atoms with Gasteiger partial charge in [-0.05, 0) is 50.2 Å². The maximum atomic E-state index is 12.1. The second-order valence-electron chi connectivity index (χ2n) is 6.51. The molecule has 0 aliphatic carbocycles. The van der Waals surface area contributed by atoms with Crippen LogP contribution in [0.2, 0.25) is 0 Å². The molecule has 0 spiro atoms. The minimum atomic E-state index is -0.104. The quantitative estimate of drug-likeness (QED) is 0.864. The molecule has 0 aromatic carbocycles. The van der Waals surface area contributed by atoms with Gasteiger partial charge in [-0.15, -0.1) is 11.3 Å². The number of carbonyl (C=O) groups is 2. The minimum absolute atomic E-state index is 0.0977. The van der Waals surface area contributed by atoms with E-state index in [-0.39, 0.29) is 18.4 Å². The van der Waals surface area contributed by atoms with Gasteiger partial charge in [0.1, 0.15) is 0 Å². The first-order valence-corrected chi connectivity index (χ1v) is 9.15. The number of thiophene rings is 1. The smallest absolute Gasteiger partial charge is 0.264 e. The molecule has 1 aromatic rings. The van der Waals surface area contributed by atoms with E-state index in [1.807, 2.05) is 11.4 Å². The minimum Gasteiger partial charge on any atom is -0.353 e. The summed E-state index contributed by atoms with van der Waals surface area (Å²) < 4.78 is 0. The Hall–Kier alpha value is -1.40. The van der Waals surface area contributed by atoms with Crippen LogP contribution >= 0.6 is 11.3 Å². The molecule has 0 radical (unpaired) electrons. The Morgan fingerprint density at radius 1 is 1.43 bits per heavy atom. The molecule has 2 rings (SSSR count). The Morgan fingerprint density at radius 2 is 2.13 bits per heavy atom. The standard InChI is InChI=1S/C17H27N3O2S/c1-13-6-8-20(9-7-13)14(2)11-18-16(21)12-19(3)17(22)15-5-4-10-23-15/h4-5,10,13-14H,6-9,11-12H2,1-3H3,(H,18,21)/t14-/m1/s1. The lowest BCUT2D eigenvalue weighted by Crippen LogP contribution is -2.47. The molecule has 1 fully saturated rings. The zero-order chi connectivity index (χ0) is 16.8. The Kier molecular flexibility index (Phi) is 6.59. The van der Waals surface area contributed by atoms with E-state index < -0.39 is 0 Å². The molecule has 0 unspecified atom stereocenters. The van der Waals surface area contributed by atoms with Crippen LogP contribution in [0, 0.1) is 5.92 Å². The molecule has 5 nitrogen and oxygen atoms in total. The highest BCUT2D eigenvalue weighted by molar-refractivity contribution is 7.12. The van der Waals surface area contributed by atoms with Gasteiger partial charge in [0.15, 0.2) is 0 Å². The molecule has 2 amide bonds. The summed E-state index contributed by atoms with van der Waals surface area (Å²) in [5.74, 6) is 0.604. The second kappa shape index (κ2) is 8.45. The van der Waals surface area contributed by atoms with Crippen molar-refractivity contribution in [3.8, 4) is 0 Å². The molecule has 1 N–H and O–H groups in total. The van der Waals surface area contributed by atoms with Gasteiger partial charge >= 0.3 is 0 Å². The molecule has 1 saturated heterocycles. The fraction of sp³-hybridized carbons (Fsp3) is 0.647. The fourth-order valence-corrected chi connectivity index (χ4v) is 3.51. The average molecular weight is 337 g/mol. The topological polar surface area (TPSA) is 52.7 Å². The number of hydrogen-bond acceptors (Lipinski definition) is 4. The van der Waals surface area contributed by atoms with Crippen LogP contribution in [0.3, 0.4) is 0 Å². The Balaban J connectivity index is 1.71. The number of amides is 2. The molecule has 6 heteroatoms. The number of carbonyl (C=O) groups excluding carboxylic acids is 2. The molecule has 1 aliphatic heterocycles. The van der Waals surface area contributed by atoms with Crippen LogP contribution in [0.25, 0.3) is 0 Å². The first-order valence-electron chi connectivity index (χ1n) is 8.27. The molecular weight excluding hydrogens is 310 g/mol. The first-order chi connectivity index (χ1) is 11.0. The van der Waals surface area contributed by atoms with Gasteiger partial charge < -0.3 is 10.2 Å². The zero-order valence-electron chi connectivity index (χ0n) is 14.2. The van der Waals surface area contributed by atoms with Crippen molar-refractivity contribution >= 4 is 23.2 Å². The lowest BCUT2D eigenvalue weighted by atomic mass is 9.98. The maximum Gasteiger partial charge on any atom is 0.264 e. The Bertz CT molecular complexity index is 510. The summed E-state index contributed by atoms with van der Waals surface area (Å²) in [5, 5.41) is 4.81. The average Bonchev–Trinajstić information content (AvgIpc) is 3.06. The first kappa shape index (κ1) is 17.9. The lowest BCUT2D eigenvalue weighted by Gasteiger charge is -2.35. The van der Waals surface area contributed by atoms with Gasteiger partial charge in [-0.25, -0.2) is 0 Å². The van der Waals surface area contributed by atoms with Crippen LogP contribution in [0.15, 0.2) is 17.5 Å². The van der Waals surface area contributed by atoms with E-state index in [1.165, 1.54) is 29.1 Å². The Morgan fingerprint density at radius 3 is 2.74 bits per heavy atom. The number of hydrogen-bond donors (Lipinski definition) is 1. The van der Waals surface area contributed by atoms with Crippen LogP contribution in [-0.4, -0.2) is 60.9 Å². The second-order valence-corrected chi connectivity index (χ2v) is 7.46. The predicted molar refractivity (Wildman–Crippen MR) is 93.7 cm³/mol. The van der Waals surface area contributed by atoms with Crippen molar-refractivity contribution in [3.63, 3.8) is 0 Å². The molecule has 1 aromatic heterocycles. The highest BCUT2D eigenvalue weighted by Gasteiger charge is 2.21. The van der Waals surface area contributed by atoms with E-state index >= 15 is 0 Å². The molecule has 2 heterocycles. The van der Waals surface area contributed by atoms with Crippen molar-refractivity contribution in [1.29, 1.82) is 0 Å². The van der Waals surface area contributed by atoms with Gasteiger partial charge in [-0.2, -0.15) is 0 Å². The summed E-state index contributed by atoms with van der Waals surface area (Å²) in [7, 11) is 1.66. The summed E-state index contributed by atoms with van der Waals surface area (Å²) >= 11 is 1.39.